The van der Waals surface area contributed by atoms with Gasteiger partial charge in [0.1, 0.15) is 5.76 Å². The van der Waals surface area contributed by atoms with Gasteiger partial charge in [0.05, 0.1) is 16.1 Å². The van der Waals surface area contributed by atoms with E-state index in [2.05, 4.69) is 21.2 Å². The average Bonchev–Trinajstić information content (AvgIpc) is 2.77. The van der Waals surface area contributed by atoms with E-state index in [0.29, 0.717) is 14.7 Å². The Labute approximate surface area is 124 Å². The molecule has 2 rings (SSSR count). The molecule has 1 aromatic carbocycles. The maximum atomic E-state index is 6.26. The SMILES string of the molecule is CCNC(c1ccc(Br)o1)c1cccc(Cl)c1Cl. The van der Waals surface area contributed by atoms with Crippen molar-refractivity contribution >= 4 is 39.1 Å². The third-order valence-electron chi connectivity index (χ3n) is 2.58. The van der Waals surface area contributed by atoms with Gasteiger partial charge in [-0.1, -0.05) is 42.3 Å². The summed E-state index contributed by atoms with van der Waals surface area (Å²) >= 11 is 15.6. The fourth-order valence-electron chi connectivity index (χ4n) is 1.79. The number of hydrogen-bond acceptors (Lipinski definition) is 2. The molecule has 0 spiro atoms. The third kappa shape index (κ3) is 2.91. The molecule has 0 saturated heterocycles. The summed E-state index contributed by atoms with van der Waals surface area (Å²) in [4.78, 5) is 0. The van der Waals surface area contributed by atoms with E-state index < -0.39 is 0 Å². The molecule has 0 aliphatic carbocycles. The Morgan fingerprint density at radius 2 is 2.06 bits per heavy atom. The lowest BCUT2D eigenvalue weighted by molar-refractivity contribution is 0.437. The molecule has 2 nitrogen and oxygen atoms in total. The van der Waals surface area contributed by atoms with Gasteiger partial charge in [0.2, 0.25) is 0 Å². The van der Waals surface area contributed by atoms with Crippen LogP contribution in [0.4, 0.5) is 0 Å². The molecule has 2 aromatic rings. The lowest BCUT2D eigenvalue weighted by Gasteiger charge is -2.17. The van der Waals surface area contributed by atoms with Crippen LogP contribution in [-0.2, 0) is 0 Å². The van der Waals surface area contributed by atoms with E-state index in [0.717, 1.165) is 17.9 Å². The summed E-state index contributed by atoms with van der Waals surface area (Å²) in [6, 6.07) is 9.26. The fraction of sp³-hybridized carbons (Fsp3) is 0.231. The summed E-state index contributed by atoms with van der Waals surface area (Å²) in [6.45, 7) is 2.83. The van der Waals surface area contributed by atoms with Crippen LogP contribution in [0.2, 0.25) is 10.0 Å². The van der Waals surface area contributed by atoms with Gasteiger partial charge in [-0.25, -0.2) is 0 Å². The van der Waals surface area contributed by atoms with Gasteiger partial charge in [0.25, 0.3) is 0 Å². The normalized spacial score (nSPS) is 12.7. The number of rotatable bonds is 4. The summed E-state index contributed by atoms with van der Waals surface area (Å²) in [5, 5.41) is 4.44. The highest BCUT2D eigenvalue weighted by Crippen LogP contribution is 2.34. The van der Waals surface area contributed by atoms with Gasteiger partial charge in [0, 0.05) is 0 Å². The van der Waals surface area contributed by atoms with Gasteiger partial charge >= 0.3 is 0 Å². The predicted molar refractivity (Wildman–Crippen MR) is 78.4 cm³/mol. The first-order valence-corrected chi connectivity index (χ1v) is 7.11. The van der Waals surface area contributed by atoms with Crippen molar-refractivity contribution < 1.29 is 4.42 Å². The Hall–Kier alpha value is -0.480. The molecular weight excluding hydrogens is 337 g/mol. The van der Waals surface area contributed by atoms with Gasteiger partial charge in [-0.2, -0.15) is 0 Å². The Balaban J connectivity index is 2.44. The van der Waals surface area contributed by atoms with Crippen LogP contribution in [0.1, 0.15) is 24.3 Å². The molecule has 0 saturated carbocycles. The van der Waals surface area contributed by atoms with Crippen LogP contribution in [0.5, 0.6) is 0 Å². The second-order valence-corrected chi connectivity index (χ2v) is 5.34. The summed E-state index contributed by atoms with van der Waals surface area (Å²) in [5.41, 5.74) is 0.910. The van der Waals surface area contributed by atoms with Crippen molar-refractivity contribution in [3.05, 3.63) is 56.4 Å². The molecule has 18 heavy (non-hydrogen) atoms. The van der Waals surface area contributed by atoms with Crippen molar-refractivity contribution in [2.45, 2.75) is 13.0 Å². The maximum Gasteiger partial charge on any atom is 0.169 e. The van der Waals surface area contributed by atoms with Crippen LogP contribution in [-0.4, -0.2) is 6.54 Å². The molecule has 1 N–H and O–H groups in total. The third-order valence-corrected chi connectivity index (χ3v) is 3.84. The molecule has 0 aliphatic heterocycles. The first-order chi connectivity index (χ1) is 8.63. The summed E-state index contributed by atoms with van der Waals surface area (Å²) in [7, 11) is 0. The Morgan fingerprint density at radius 1 is 1.28 bits per heavy atom. The molecule has 96 valence electrons. The van der Waals surface area contributed by atoms with Crippen molar-refractivity contribution in [3.63, 3.8) is 0 Å². The summed E-state index contributed by atoms with van der Waals surface area (Å²) < 4.78 is 6.29. The van der Waals surface area contributed by atoms with E-state index >= 15 is 0 Å². The van der Waals surface area contributed by atoms with Crippen LogP contribution in [0, 0.1) is 0 Å². The van der Waals surface area contributed by atoms with Crippen LogP contribution < -0.4 is 5.32 Å². The number of furan rings is 1. The molecule has 0 aliphatic rings. The van der Waals surface area contributed by atoms with E-state index in [1.807, 2.05) is 31.2 Å². The quantitative estimate of drug-likeness (QED) is 0.836. The topological polar surface area (TPSA) is 25.2 Å². The van der Waals surface area contributed by atoms with Crippen molar-refractivity contribution in [2.24, 2.45) is 0 Å². The highest BCUT2D eigenvalue weighted by atomic mass is 79.9. The number of hydrogen-bond donors (Lipinski definition) is 1. The molecule has 5 heteroatoms. The number of benzene rings is 1. The molecule has 0 amide bonds. The zero-order chi connectivity index (χ0) is 13.1. The second-order valence-electron chi connectivity index (χ2n) is 3.78. The summed E-state index contributed by atoms with van der Waals surface area (Å²) in [6.07, 6.45) is 0. The number of nitrogens with one attached hydrogen (secondary N) is 1. The average molecular weight is 349 g/mol. The number of halogens is 3. The van der Waals surface area contributed by atoms with Crippen LogP contribution in [0.3, 0.4) is 0 Å². The van der Waals surface area contributed by atoms with E-state index in [1.165, 1.54) is 0 Å². The fourth-order valence-corrected chi connectivity index (χ4v) is 2.53. The largest absolute Gasteiger partial charge is 0.452 e. The Bertz CT molecular complexity index is 542. The molecule has 1 aromatic heterocycles. The van der Waals surface area contributed by atoms with Crippen LogP contribution in [0.15, 0.2) is 39.4 Å². The highest BCUT2D eigenvalue weighted by Gasteiger charge is 2.20. The maximum absolute atomic E-state index is 6.26. The van der Waals surface area contributed by atoms with E-state index in [1.54, 1.807) is 6.07 Å². The molecule has 0 fully saturated rings. The molecular formula is C13H12BrCl2NO. The van der Waals surface area contributed by atoms with Crippen molar-refractivity contribution in [3.8, 4) is 0 Å². The van der Waals surface area contributed by atoms with Gasteiger partial charge in [0.15, 0.2) is 4.67 Å². The van der Waals surface area contributed by atoms with Crippen molar-refractivity contribution in [1.82, 2.24) is 5.32 Å². The lowest BCUT2D eigenvalue weighted by Crippen LogP contribution is -2.21. The van der Waals surface area contributed by atoms with Gasteiger partial charge in [-0.15, -0.1) is 0 Å². The first-order valence-electron chi connectivity index (χ1n) is 5.56. The molecule has 1 heterocycles. The monoisotopic (exact) mass is 347 g/mol. The van der Waals surface area contributed by atoms with Crippen LogP contribution >= 0.6 is 39.1 Å². The minimum Gasteiger partial charge on any atom is -0.452 e. The van der Waals surface area contributed by atoms with E-state index in [-0.39, 0.29) is 6.04 Å². The zero-order valence-corrected chi connectivity index (χ0v) is 12.8. The van der Waals surface area contributed by atoms with Crippen molar-refractivity contribution in [1.29, 1.82) is 0 Å². The predicted octanol–water partition coefficient (Wildman–Crippen LogP) is 5.05. The van der Waals surface area contributed by atoms with E-state index in [4.69, 9.17) is 27.6 Å². The van der Waals surface area contributed by atoms with E-state index in [9.17, 15) is 0 Å². The van der Waals surface area contributed by atoms with Crippen LogP contribution in [0.25, 0.3) is 0 Å². The van der Waals surface area contributed by atoms with Gasteiger partial charge in [-0.05, 0) is 46.2 Å². The second kappa shape index (κ2) is 6.11. The van der Waals surface area contributed by atoms with Gasteiger partial charge < -0.3 is 9.73 Å². The Kier molecular flexibility index (Phi) is 4.73. The highest BCUT2D eigenvalue weighted by molar-refractivity contribution is 9.10. The molecule has 1 unspecified atom stereocenters. The summed E-state index contributed by atoms with van der Waals surface area (Å²) in [5.74, 6) is 0.799. The zero-order valence-electron chi connectivity index (χ0n) is 9.71. The minimum atomic E-state index is -0.104. The first kappa shape index (κ1) is 13.9. The molecule has 0 radical (unpaired) electrons. The Morgan fingerprint density at radius 3 is 2.67 bits per heavy atom. The lowest BCUT2D eigenvalue weighted by atomic mass is 10.0. The standard InChI is InChI=1S/C13H12BrCl2NO/c1-2-17-13(10-6-7-11(14)18-10)8-4-3-5-9(15)12(8)16/h3-7,13,17H,2H2,1H3. The minimum absolute atomic E-state index is 0.104. The molecule has 0 bridgehead atoms. The van der Waals surface area contributed by atoms with Crippen molar-refractivity contribution in [2.75, 3.05) is 6.54 Å². The van der Waals surface area contributed by atoms with Gasteiger partial charge in [-0.3, -0.25) is 0 Å². The molecule has 1 atom stereocenters. The smallest absolute Gasteiger partial charge is 0.169 e.